The molecule has 3 aromatic carbocycles. The van der Waals surface area contributed by atoms with Gasteiger partial charge in [0, 0.05) is 67.6 Å². The number of carbonyl (C=O) groups is 3. The summed E-state index contributed by atoms with van der Waals surface area (Å²) in [5, 5.41) is 8.73. The summed E-state index contributed by atoms with van der Waals surface area (Å²) < 4.78 is 3.42. The number of urea groups is 1. The molecule has 272 valence electrons. The number of benzene rings is 3. The number of anilines is 1. The molecule has 12 heteroatoms. The Bertz CT molecular complexity index is 2840. The van der Waals surface area contributed by atoms with Crippen LogP contribution in [0.25, 0.3) is 55.0 Å². The summed E-state index contributed by atoms with van der Waals surface area (Å²) in [7, 11) is 3.62. The van der Waals surface area contributed by atoms with E-state index in [2.05, 4.69) is 64.5 Å². The molecule has 1 saturated heterocycles. The maximum Gasteiger partial charge on any atom is 0.329 e. The van der Waals surface area contributed by atoms with Gasteiger partial charge in [0.2, 0.25) is 5.91 Å². The fraction of sp³-hybridized carbons (Fsp3) is 0.186. The third kappa shape index (κ3) is 6.46. The van der Waals surface area contributed by atoms with Gasteiger partial charge in [0.25, 0.3) is 5.91 Å². The number of amides is 4. The minimum absolute atomic E-state index is 0.0532. The van der Waals surface area contributed by atoms with Gasteiger partial charge in [-0.25, -0.2) is 14.6 Å². The number of nitrogens with zero attached hydrogens (tertiary/aromatic N) is 6. The molecule has 55 heavy (non-hydrogen) atoms. The van der Waals surface area contributed by atoms with E-state index in [0.717, 1.165) is 60.5 Å². The monoisotopic (exact) mass is 728 g/mol. The largest absolute Gasteiger partial charge is 0.340 e. The normalized spacial score (nSPS) is 13.0. The van der Waals surface area contributed by atoms with Crippen LogP contribution in [0.5, 0.6) is 0 Å². The smallest absolute Gasteiger partial charge is 0.329 e. The molecule has 1 aliphatic heterocycles. The predicted octanol–water partition coefficient (Wildman–Crippen LogP) is 6.05. The number of rotatable bonds is 6. The van der Waals surface area contributed by atoms with Crippen LogP contribution in [0.4, 0.5) is 10.6 Å². The minimum atomic E-state index is -0.506. The first-order chi connectivity index (χ1) is 26.6. The Kier molecular flexibility index (Phi) is 8.90. The van der Waals surface area contributed by atoms with Crippen molar-refractivity contribution in [2.75, 3.05) is 18.0 Å². The van der Waals surface area contributed by atoms with Crippen LogP contribution in [0.3, 0.4) is 0 Å². The van der Waals surface area contributed by atoms with Crippen LogP contribution in [0.2, 0.25) is 0 Å². The molecule has 4 aromatic heterocycles. The van der Waals surface area contributed by atoms with E-state index in [0.29, 0.717) is 11.4 Å². The number of imidazole rings is 1. The van der Waals surface area contributed by atoms with Crippen molar-refractivity contribution in [1.29, 1.82) is 0 Å². The molecule has 0 radical (unpaired) electrons. The number of hydrogen-bond donors (Lipinski definition) is 2. The van der Waals surface area contributed by atoms with Crippen LogP contribution in [0.15, 0.2) is 96.2 Å². The molecule has 8 rings (SSSR count). The lowest BCUT2D eigenvalue weighted by Crippen LogP contribution is -2.50. The summed E-state index contributed by atoms with van der Waals surface area (Å²) in [6, 6.07) is 22.8. The molecule has 0 spiro atoms. The number of aryl methyl sites for hydroxylation is 2. The van der Waals surface area contributed by atoms with Crippen LogP contribution in [0, 0.1) is 11.8 Å². The molecule has 0 unspecified atom stereocenters. The highest BCUT2D eigenvalue weighted by Gasteiger charge is 2.26. The molecule has 1 fully saturated rings. The number of fused-ring (bicyclic) bond motifs is 3. The SMILES string of the molecule is CC(C)c1cc(-c2cccc3cc(-c4ccc(C(=O)NCC#Cc5ccc6ccnc(N7CCC(=O)NC7=O)c6c5)nc4)ncc23)cc2c1n(C)c(=O)n2C. The lowest BCUT2D eigenvalue weighted by atomic mass is 9.93. The molecule has 2 N–H and O–H groups in total. The van der Waals surface area contributed by atoms with E-state index in [4.69, 9.17) is 4.98 Å². The third-order valence-corrected chi connectivity index (χ3v) is 10.0. The Labute approximate surface area is 315 Å². The first kappa shape index (κ1) is 34.9. The zero-order valence-electron chi connectivity index (χ0n) is 30.7. The number of pyridine rings is 3. The molecule has 0 bridgehead atoms. The van der Waals surface area contributed by atoms with Crippen LogP contribution < -0.4 is 21.2 Å². The standard InChI is InChI=1S/C43H36N8O4/c1-25(2)32-20-30(22-37-39(32)50(4)43(55)49(37)3)31-9-5-8-28-21-36(47-24-34(28)31)29-12-13-35(46-23-29)41(53)45-16-6-7-26-10-11-27-14-17-44-40(33(27)19-26)51-18-15-38(52)48-42(51)54/h5,8-14,17,19-25H,15-16,18H2,1-4H3,(H,45,53)(H,48,52,54). The fourth-order valence-electron chi connectivity index (χ4n) is 7.12. The van der Waals surface area contributed by atoms with Crippen molar-refractivity contribution in [1.82, 2.24) is 34.7 Å². The van der Waals surface area contributed by atoms with E-state index in [-0.39, 0.29) is 48.6 Å². The van der Waals surface area contributed by atoms with Gasteiger partial charge in [0.15, 0.2) is 0 Å². The minimum Gasteiger partial charge on any atom is -0.340 e. The van der Waals surface area contributed by atoms with E-state index in [1.54, 1.807) is 34.6 Å². The molecule has 5 heterocycles. The van der Waals surface area contributed by atoms with Crippen molar-refractivity contribution in [3.63, 3.8) is 0 Å². The highest BCUT2D eigenvalue weighted by molar-refractivity contribution is 6.09. The van der Waals surface area contributed by atoms with Crippen LogP contribution in [-0.4, -0.2) is 55.0 Å². The van der Waals surface area contributed by atoms with Gasteiger partial charge in [0.05, 0.1) is 23.3 Å². The second-order valence-corrected chi connectivity index (χ2v) is 13.8. The summed E-state index contributed by atoms with van der Waals surface area (Å²) >= 11 is 0. The fourth-order valence-corrected chi connectivity index (χ4v) is 7.12. The highest BCUT2D eigenvalue weighted by Crippen LogP contribution is 2.35. The number of imide groups is 1. The third-order valence-electron chi connectivity index (χ3n) is 10.0. The second kappa shape index (κ2) is 14.0. The van der Waals surface area contributed by atoms with Crippen LogP contribution >= 0.6 is 0 Å². The van der Waals surface area contributed by atoms with Crippen molar-refractivity contribution in [3.8, 4) is 34.2 Å². The van der Waals surface area contributed by atoms with E-state index in [1.807, 2.05) is 61.8 Å². The van der Waals surface area contributed by atoms with Gasteiger partial charge in [-0.05, 0) is 81.9 Å². The zero-order chi connectivity index (χ0) is 38.4. The van der Waals surface area contributed by atoms with Crippen LogP contribution in [-0.2, 0) is 18.9 Å². The average molecular weight is 729 g/mol. The molecule has 1 aliphatic rings. The first-order valence-corrected chi connectivity index (χ1v) is 17.9. The number of aromatic nitrogens is 5. The summed E-state index contributed by atoms with van der Waals surface area (Å²) in [4.78, 5) is 64.9. The average Bonchev–Trinajstić information content (AvgIpc) is 3.41. The molecular weight excluding hydrogens is 693 g/mol. The van der Waals surface area contributed by atoms with Gasteiger partial charge in [-0.15, -0.1) is 0 Å². The van der Waals surface area contributed by atoms with Crippen molar-refractivity contribution in [2.45, 2.75) is 26.2 Å². The van der Waals surface area contributed by atoms with Crippen molar-refractivity contribution in [3.05, 3.63) is 119 Å². The van der Waals surface area contributed by atoms with Gasteiger partial charge in [-0.2, -0.15) is 0 Å². The topological polar surface area (TPSA) is 144 Å². The summed E-state index contributed by atoms with van der Waals surface area (Å²) in [6.45, 7) is 4.61. The first-order valence-electron chi connectivity index (χ1n) is 17.9. The van der Waals surface area contributed by atoms with Crippen LogP contribution in [0.1, 0.15) is 47.8 Å². The molecule has 4 amide bonds. The molecular formula is C43H36N8O4. The van der Waals surface area contributed by atoms with E-state index >= 15 is 0 Å². The Morgan fingerprint density at radius 3 is 2.51 bits per heavy atom. The van der Waals surface area contributed by atoms with Gasteiger partial charge >= 0.3 is 11.7 Å². The van der Waals surface area contributed by atoms with Gasteiger partial charge in [-0.3, -0.25) is 38.9 Å². The Hall–Kier alpha value is -7.13. The quantitative estimate of drug-likeness (QED) is 0.198. The van der Waals surface area contributed by atoms with Crippen molar-refractivity contribution < 1.29 is 14.4 Å². The Morgan fingerprint density at radius 1 is 0.873 bits per heavy atom. The summed E-state index contributed by atoms with van der Waals surface area (Å²) in [6.07, 6.45) is 5.32. The highest BCUT2D eigenvalue weighted by atomic mass is 16.2. The zero-order valence-corrected chi connectivity index (χ0v) is 30.7. The summed E-state index contributed by atoms with van der Waals surface area (Å²) in [5.74, 6) is 6.04. The second-order valence-electron chi connectivity index (χ2n) is 13.8. The number of hydrogen-bond acceptors (Lipinski definition) is 7. The predicted molar refractivity (Wildman–Crippen MR) is 213 cm³/mol. The lowest BCUT2D eigenvalue weighted by molar-refractivity contribution is -0.120. The van der Waals surface area contributed by atoms with Gasteiger partial charge in [0.1, 0.15) is 11.5 Å². The number of carbonyl (C=O) groups excluding carboxylic acids is 3. The number of nitrogens with one attached hydrogen (secondary N) is 2. The van der Waals surface area contributed by atoms with E-state index in [9.17, 15) is 19.2 Å². The molecule has 0 atom stereocenters. The van der Waals surface area contributed by atoms with E-state index < -0.39 is 6.03 Å². The Morgan fingerprint density at radius 2 is 1.73 bits per heavy atom. The summed E-state index contributed by atoms with van der Waals surface area (Å²) in [5.41, 5.74) is 7.37. The molecule has 0 saturated carbocycles. The Balaban J connectivity index is 0.973. The van der Waals surface area contributed by atoms with Crippen molar-refractivity contribution in [2.24, 2.45) is 14.1 Å². The molecule has 12 nitrogen and oxygen atoms in total. The maximum absolute atomic E-state index is 12.9. The lowest BCUT2D eigenvalue weighted by Gasteiger charge is -2.26. The van der Waals surface area contributed by atoms with Crippen molar-refractivity contribution >= 4 is 56.2 Å². The van der Waals surface area contributed by atoms with Gasteiger partial charge < -0.3 is 5.32 Å². The maximum atomic E-state index is 12.9. The van der Waals surface area contributed by atoms with E-state index in [1.165, 1.54) is 4.90 Å². The molecule has 0 aliphatic carbocycles. The van der Waals surface area contributed by atoms with Gasteiger partial charge in [-0.1, -0.05) is 50.0 Å². The molecule has 7 aromatic rings.